The van der Waals surface area contributed by atoms with Crippen molar-refractivity contribution in [2.75, 3.05) is 25.1 Å². The van der Waals surface area contributed by atoms with Gasteiger partial charge in [0, 0.05) is 18.2 Å². The van der Waals surface area contributed by atoms with Crippen molar-refractivity contribution in [1.29, 1.82) is 0 Å². The standard InChI is InChI=1S/C21H24N2O4/c1-2-15-3-5-16(6-4-15)7-10-20(24)22-14-21(25)23-17-8-9-18-19(13-17)27-12-11-26-18/h3-6,8-9,13H,2,7,10-12,14H2,1H3,(H,22,24)(H,23,25). The number of nitrogens with one attached hydrogen (secondary N) is 2. The van der Waals surface area contributed by atoms with Crippen molar-refractivity contribution in [2.24, 2.45) is 0 Å². The van der Waals surface area contributed by atoms with Crippen LogP contribution in [-0.2, 0) is 22.4 Å². The van der Waals surface area contributed by atoms with E-state index in [1.165, 1.54) is 5.56 Å². The van der Waals surface area contributed by atoms with Crippen LogP contribution in [0.15, 0.2) is 42.5 Å². The average molecular weight is 368 g/mol. The van der Waals surface area contributed by atoms with Crippen LogP contribution in [-0.4, -0.2) is 31.6 Å². The van der Waals surface area contributed by atoms with Crippen molar-refractivity contribution >= 4 is 17.5 Å². The molecule has 0 saturated heterocycles. The Kier molecular flexibility index (Phi) is 6.30. The van der Waals surface area contributed by atoms with Gasteiger partial charge in [-0.3, -0.25) is 9.59 Å². The minimum Gasteiger partial charge on any atom is -0.486 e. The van der Waals surface area contributed by atoms with E-state index in [-0.39, 0.29) is 18.4 Å². The van der Waals surface area contributed by atoms with E-state index in [0.29, 0.717) is 43.2 Å². The molecule has 0 spiro atoms. The van der Waals surface area contributed by atoms with Gasteiger partial charge in [0.2, 0.25) is 11.8 Å². The minimum absolute atomic E-state index is 0.0674. The Hall–Kier alpha value is -3.02. The first-order valence-electron chi connectivity index (χ1n) is 9.18. The molecular formula is C21H24N2O4. The van der Waals surface area contributed by atoms with Crippen molar-refractivity contribution in [3.05, 3.63) is 53.6 Å². The lowest BCUT2D eigenvalue weighted by Crippen LogP contribution is -2.33. The lowest BCUT2D eigenvalue weighted by Gasteiger charge is -2.19. The van der Waals surface area contributed by atoms with Gasteiger partial charge in [0.05, 0.1) is 6.54 Å². The van der Waals surface area contributed by atoms with Crippen molar-refractivity contribution in [1.82, 2.24) is 5.32 Å². The van der Waals surface area contributed by atoms with Crippen LogP contribution in [0.25, 0.3) is 0 Å². The SMILES string of the molecule is CCc1ccc(CCC(=O)NCC(=O)Nc2ccc3c(c2)OCCO3)cc1. The first-order chi connectivity index (χ1) is 13.1. The van der Waals surface area contributed by atoms with Gasteiger partial charge in [0.1, 0.15) is 13.2 Å². The molecule has 0 fully saturated rings. The minimum atomic E-state index is -0.285. The number of hydrogen-bond acceptors (Lipinski definition) is 4. The third-order valence-electron chi connectivity index (χ3n) is 4.34. The number of rotatable bonds is 7. The summed E-state index contributed by atoms with van der Waals surface area (Å²) in [4.78, 5) is 24.0. The van der Waals surface area contributed by atoms with Crippen LogP contribution in [0.4, 0.5) is 5.69 Å². The largest absolute Gasteiger partial charge is 0.486 e. The summed E-state index contributed by atoms with van der Waals surface area (Å²) in [6, 6.07) is 13.5. The van der Waals surface area contributed by atoms with Crippen LogP contribution in [0, 0.1) is 0 Å². The van der Waals surface area contributed by atoms with Crippen LogP contribution in [0.1, 0.15) is 24.5 Å². The van der Waals surface area contributed by atoms with Crippen LogP contribution in [0.5, 0.6) is 11.5 Å². The van der Waals surface area contributed by atoms with E-state index < -0.39 is 0 Å². The fraction of sp³-hybridized carbons (Fsp3) is 0.333. The zero-order valence-electron chi connectivity index (χ0n) is 15.4. The summed E-state index contributed by atoms with van der Waals surface area (Å²) in [5, 5.41) is 5.40. The highest BCUT2D eigenvalue weighted by atomic mass is 16.6. The molecule has 0 bridgehead atoms. The second-order valence-corrected chi connectivity index (χ2v) is 6.35. The molecule has 0 saturated carbocycles. The van der Waals surface area contributed by atoms with Gasteiger partial charge < -0.3 is 20.1 Å². The van der Waals surface area contributed by atoms with E-state index in [2.05, 4.69) is 29.7 Å². The fourth-order valence-electron chi connectivity index (χ4n) is 2.79. The molecule has 2 amide bonds. The fourth-order valence-corrected chi connectivity index (χ4v) is 2.79. The van der Waals surface area contributed by atoms with Gasteiger partial charge in [-0.15, -0.1) is 0 Å². The molecule has 2 aromatic rings. The summed E-state index contributed by atoms with van der Waals surface area (Å²) in [6.07, 6.45) is 2.00. The van der Waals surface area contributed by atoms with E-state index in [1.807, 2.05) is 12.1 Å². The molecule has 1 aliphatic rings. The summed E-state index contributed by atoms with van der Waals surface area (Å²) in [6.45, 7) is 3.05. The number of fused-ring (bicyclic) bond motifs is 1. The zero-order valence-corrected chi connectivity index (χ0v) is 15.4. The second kappa shape index (κ2) is 9.07. The zero-order chi connectivity index (χ0) is 19.1. The number of hydrogen-bond donors (Lipinski definition) is 2. The smallest absolute Gasteiger partial charge is 0.243 e. The summed E-state index contributed by atoms with van der Waals surface area (Å²) in [7, 11) is 0. The first-order valence-corrected chi connectivity index (χ1v) is 9.18. The molecular weight excluding hydrogens is 344 g/mol. The van der Waals surface area contributed by atoms with Crippen LogP contribution >= 0.6 is 0 Å². The number of carbonyl (C=O) groups is 2. The van der Waals surface area contributed by atoms with Crippen molar-refractivity contribution in [3.63, 3.8) is 0 Å². The Morgan fingerprint density at radius 3 is 2.37 bits per heavy atom. The first kappa shape index (κ1) is 18.8. The van der Waals surface area contributed by atoms with Crippen molar-refractivity contribution in [3.8, 4) is 11.5 Å². The van der Waals surface area contributed by atoms with Gasteiger partial charge in [-0.25, -0.2) is 0 Å². The van der Waals surface area contributed by atoms with Gasteiger partial charge in [-0.2, -0.15) is 0 Å². The normalized spacial score (nSPS) is 12.3. The molecule has 6 heteroatoms. The topological polar surface area (TPSA) is 76.7 Å². The third-order valence-corrected chi connectivity index (χ3v) is 4.34. The Labute approximate surface area is 158 Å². The predicted molar refractivity (Wildman–Crippen MR) is 103 cm³/mol. The van der Waals surface area contributed by atoms with E-state index >= 15 is 0 Å². The maximum absolute atomic E-state index is 12.0. The van der Waals surface area contributed by atoms with E-state index in [9.17, 15) is 9.59 Å². The van der Waals surface area contributed by atoms with Crippen molar-refractivity contribution in [2.45, 2.75) is 26.2 Å². The Bertz CT molecular complexity index is 802. The molecule has 0 aliphatic carbocycles. The molecule has 1 aliphatic heterocycles. The Balaban J connectivity index is 1.41. The lowest BCUT2D eigenvalue weighted by atomic mass is 10.1. The monoisotopic (exact) mass is 368 g/mol. The van der Waals surface area contributed by atoms with Gasteiger partial charge in [-0.05, 0) is 36.1 Å². The molecule has 2 N–H and O–H groups in total. The summed E-state index contributed by atoms with van der Waals surface area (Å²) in [5.41, 5.74) is 3.00. The van der Waals surface area contributed by atoms with Crippen LogP contribution < -0.4 is 20.1 Å². The van der Waals surface area contributed by atoms with Crippen LogP contribution in [0.2, 0.25) is 0 Å². The predicted octanol–water partition coefficient (Wildman–Crippen LogP) is 2.71. The van der Waals surface area contributed by atoms with Crippen LogP contribution in [0.3, 0.4) is 0 Å². The summed E-state index contributed by atoms with van der Waals surface area (Å²) >= 11 is 0. The lowest BCUT2D eigenvalue weighted by molar-refractivity contribution is -0.124. The van der Waals surface area contributed by atoms with E-state index in [4.69, 9.17) is 9.47 Å². The summed E-state index contributed by atoms with van der Waals surface area (Å²) in [5.74, 6) is 0.843. The summed E-state index contributed by atoms with van der Waals surface area (Å²) < 4.78 is 10.9. The van der Waals surface area contributed by atoms with Gasteiger partial charge in [0.25, 0.3) is 0 Å². The van der Waals surface area contributed by atoms with Crippen molar-refractivity contribution < 1.29 is 19.1 Å². The number of anilines is 1. The number of benzene rings is 2. The molecule has 3 rings (SSSR count). The van der Waals surface area contributed by atoms with Gasteiger partial charge in [-0.1, -0.05) is 31.2 Å². The molecule has 0 radical (unpaired) electrons. The molecule has 0 atom stereocenters. The highest BCUT2D eigenvalue weighted by Gasteiger charge is 2.13. The maximum Gasteiger partial charge on any atom is 0.243 e. The number of carbonyl (C=O) groups excluding carboxylic acids is 2. The Morgan fingerprint density at radius 2 is 1.63 bits per heavy atom. The number of aryl methyl sites for hydroxylation is 2. The number of ether oxygens (including phenoxy) is 2. The highest BCUT2D eigenvalue weighted by molar-refractivity contribution is 5.94. The third kappa shape index (κ3) is 5.48. The van der Waals surface area contributed by atoms with E-state index in [1.54, 1.807) is 18.2 Å². The second-order valence-electron chi connectivity index (χ2n) is 6.35. The molecule has 0 aromatic heterocycles. The molecule has 6 nitrogen and oxygen atoms in total. The maximum atomic E-state index is 12.0. The molecule has 27 heavy (non-hydrogen) atoms. The van der Waals surface area contributed by atoms with Gasteiger partial charge in [0.15, 0.2) is 11.5 Å². The number of amides is 2. The Morgan fingerprint density at radius 1 is 0.926 bits per heavy atom. The average Bonchev–Trinajstić information content (AvgIpc) is 2.71. The molecule has 142 valence electrons. The quantitative estimate of drug-likeness (QED) is 0.788. The van der Waals surface area contributed by atoms with Gasteiger partial charge >= 0.3 is 0 Å². The highest BCUT2D eigenvalue weighted by Crippen LogP contribution is 2.32. The molecule has 1 heterocycles. The van der Waals surface area contributed by atoms with E-state index in [0.717, 1.165) is 12.0 Å². The molecule has 0 unspecified atom stereocenters. The molecule has 2 aromatic carbocycles.